The van der Waals surface area contributed by atoms with Crippen molar-refractivity contribution in [3.05, 3.63) is 58.6 Å². The van der Waals surface area contributed by atoms with Gasteiger partial charge in [-0.2, -0.15) is 0 Å². The molecule has 0 amide bonds. The number of ether oxygens (including phenoxy) is 2. The summed E-state index contributed by atoms with van der Waals surface area (Å²) in [6.45, 7) is 2.79. The molecule has 0 aliphatic rings. The van der Waals surface area contributed by atoms with Gasteiger partial charge in [0.05, 0.1) is 24.3 Å². The Balaban J connectivity index is 1.78. The zero-order valence-electron chi connectivity index (χ0n) is 15.4. The van der Waals surface area contributed by atoms with E-state index in [1.807, 2.05) is 18.2 Å². The quantitative estimate of drug-likeness (QED) is 0.384. The number of thiocarbonyl (C=S) groups is 1. The highest BCUT2D eigenvalue weighted by atomic mass is 35.5. The average molecular weight is 407 g/mol. The molecule has 27 heavy (non-hydrogen) atoms. The zero-order chi connectivity index (χ0) is 19.6. The maximum atomic E-state index is 11.8. The normalized spacial score (nSPS) is 10.2. The minimum Gasteiger partial charge on any atom is -0.497 e. The van der Waals surface area contributed by atoms with Crippen LogP contribution in [0.3, 0.4) is 0 Å². The molecule has 0 aliphatic heterocycles. The number of nitrogens with one attached hydrogen (secondary N) is 2. The SMILES string of the molecule is CCOC(=O)c1ccc(NC(=S)NCCCc2cccc(OC)c2)cc1Cl. The van der Waals surface area contributed by atoms with Crippen molar-refractivity contribution in [3.8, 4) is 5.75 Å². The molecule has 7 heteroatoms. The molecule has 2 N–H and O–H groups in total. The van der Waals surface area contributed by atoms with Crippen LogP contribution in [0.4, 0.5) is 5.69 Å². The maximum absolute atomic E-state index is 11.8. The van der Waals surface area contributed by atoms with Crippen LogP contribution in [-0.4, -0.2) is 31.3 Å². The molecular weight excluding hydrogens is 384 g/mol. The van der Waals surface area contributed by atoms with Gasteiger partial charge in [-0.05, 0) is 67.9 Å². The van der Waals surface area contributed by atoms with Crippen molar-refractivity contribution in [2.75, 3.05) is 25.6 Å². The van der Waals surface area contributed by atoms with Crippen LogP contribution in [0, 0.1) is 0 Å². The van der Waals surface area contributed by atoms with E-state index in [0.29, 0.717) is 28.0 Å². The van der Waals surface area contributed by atoms with Crippen LogP contribution in [0.1, 0.15) is 29.3 Å². The van der Waals surface area contributed by atoms with Gasteiger partial charge in [0.15, 0.2) is 5.11 Å². The van der Waals surface area contributed by atoms with Gasteiger partial charge in [0, 0.05) is 12.2 Å². The number of carbonyl (C=O) groups excluding carboxylic acids is 1. The lowest BCUT2D eigenvalue weighted by Gasteiger charge is -2.12. The summed E-state index contributed by atoms with van der Waals surface area (Å²) >= 11 is 11.4. The number of benzene rings is 2. The first-order valence-corrected chi connectivity index (χ1v) is 9.46. The first kappa shape index (κ1) is 21.0. The van der Waals surface area contributed by atoms with E-state index in [2.05, 4.69) is 16.7 Å². The van der Waals surface area contributed by atoms with Crippen LogP contribution >= 0.6 is 23.8 Å². The predicted octanol–water partition coefficient (Wildman–Crippen LogP) is 4.44. The van der Waals surface area contributed by atoms with Crippen molar-refractivity contribution in [2.24, 2.45) is 0 Å². The Morgan fingerprint density at radius 1 is 1.22 bits per heavy atom. The van der Waals surface area contributed by atoms with Gasteiger partial charge in [-0.1, -0.05) is 23.7 Å². The van der Waals surface area contributed by atoms with E-state index >= 15 is 0 Å². The van der Waals surface area contributed by atoms with Gasteiger partial charge in [-0.3, -0.25) is 0 Å². The Morgan fingerprint density at radius 2 is 2.04 bits per heavy atom. The zero-order valence-corrected chi connectivity index (χ0v) is 17.0. The molecule has 0 heterocycles. The summed E-state index contributed by atoms with van der Waals surface area (Å²) < 4.78 is 10.2. The smallest absolute Gasteiger partial charge is 0.339 e. The summed E-state index contributed by atoms with van der Waals surface area (Å²) in [5.41, 5.74) is 2.26. The molecule has 0 fully saturated rings. The molecule has 0 aliphatic carbocycles. The molecule has 0 radical (unpaired) electrons. The number of aryl methyl sites for hydroxylation is 1. The summed E-state index contributed by atoms with van der Waals surface area (Å²) in [4.78, 5) is 11.8. The second-order valence-corrected chi connectivity index (χ2v) is 6.57. The molecule has 0 spiro atoms. The molecule has 0 bridgehead atoms. The van der Waals surface area contributed by atoms with Crippen LogP contribution in [-0.2, 0) is 11.2 Å². The number of halogens is 1. The summed E-state index contributed by atoms with van der Waals surface area (Å²) in [6, 6.07) is 13.0. The summed E-state index contributed by atoms with van der Waals surface area (Å²) in [7, 11) is 1.66. The number of esters is 1. The van der Waals surface area contributed by atoms with Crippen LogP contribution in [0.5, 0.6) is 5.75 Å². The lowest BCUT2D eigenvalue weighted by Crippen LogP contribution is -2.29. The van der Waals surface area contributed by atoms with Gasteiger partial charge >= 0.3 is 5.97 Å². The van der Waals surface area contributed by atoms with E-state index in [9.17, 15) is 4.79 Å². The van der Waals surface area contributed by atoms with Crippen LogP contribution in [0.2, 0.25) is 5.02 Å². The fourth-order valence-corrected chi connectivity index (χ4v) is 2.94. The topological polar surface area (TPSA) is 59.6 Å². The molecule has 2 aromatic carbocycles. The Kier molecular flexibility index (Phi) is 8.36. The van der Waals surface area contributed by atoms with Crippen LogP contribution in [0.25, 0.3) is 0 Å². The summed E-state index contributed by atoms with van der Waals surface area (Å²) in [6.07, 6.45) is 1.85. The third-order valence-electron chi connectivity index (χ3n) is 3.78. The molecule has 144 valence electrons. The molecule has 0 saturated heterocycles. The van der Waals surface area contributed by atoms with Crippen molar-refractivity contribution in [2.45, 2.75) is 19.8 Å². The minimum atomic E-state index is -0.438. The molecular formula is C20H23ClN2O3S. The van der Waals surface area contributed by atoms with Crippen molar-refractivity contribution >= 4 is 40.6 Å². The van der Waals surface area contributed by atoms with Crippen molar-refractivity contribution in [1.29, 1.82) is 0 Å². The molecule has 0 saturated carbocycles. The molecule has 0 atom stereocenters. The Bertz CT molecular complexity index is 799. The number of anilines is 1. The third-order valence-corrected chi connectivity index (χ3v) is 4.34. The van der Waals surface area contributed by atoms with E-state index < -0.39 is 5.97 Å². The van der Waals surface area contributed by atoms with Crippen molar-refractivity contribution in [1.82, 2.24) is 5.32 Å². The van der Waals surface area contributed by atoms with E-state index in [4.69, 9.17) is 33.3 Å². The number of hydrogen-bond donors (Lipinski definition) is 2. The molecule has 0 aromatic heterocycles. The van der Waals surface area contributed by atoms with Gasteiger partial charge in [0.2, 0.25) is 0 Å². The second-order valence-electron chi connectivity index (χ2n) is 5.75. The lowest BCUT2D eigenvalue weighted by molar-refractivity contribution is 0.0526. The molecule has 0 unspecified atom stereocenters. The fraction of sp³-hybridized carbons (Fsp3) is 0.300. The van der Waals surface area contributed by atoms with E-state index in [0.717, 1.165) is 25.1 Å². The van der Waals surface area contributed by atoms with Gasteiger partial charge in [-0.25, -0.2) is 4.79 Å². The van der Waals surface area contributed by atoms with Gasteiger partial charge in [0.25, 0.3) is 0 Å². The monoisotopic (exact) mass is 406 g/mol. The average Bonchev–Trinajstić information content (AvgIpc) is 2.65. The Hall–Kier alpha value is -2.31. The highest BCUT2D eigenvalue weighted by Gasteiger charge is 2.12. The fourth-order valence-electron chi connectivity index (χ4n) is 2.46. The van der Waals surface area contributed by atoms with Crippen molar-refractivity contribution < 1.29 is 14.3 Å². The second kappa shape index (κ2) is 10.7. The number of carbonyl (C=O) groups is 1. The predicted molar refractivity (Wildman–Crippen MR) is 113 cm³/mol. The number of hydrogen-bond acceptors (Lipinski definition) is 4. The molecule has 2 aromatic rings. The lowest BCUT2D eigenvalue weighted by atomic mass is 10.1. The van der Waals surface area contributed by atoms with E-state index in [1.165, 1.54) is 5.56 Å². The molecule has 5 nitrogen and oxygen atoms in total. The van der Waals surface area contributed by atoms with Crippen LogP contribution < -0.4 is 15.4 Å². The van der Waals surface area contributed by atoms with Crippen molar-refractivity contribution in [3.63, 3.8) is 0 Å². The highest BCUT2D eigenvalue weighted by Crippen LogP contribution is 2.22. The third kappa shape index (κ3) is 6.73. The summed E-state index contributed by atoms with van der Waals surface area (Å²) in [5, 5.41) is 7.04. The number of methoxy groups -OCH3 is 1. The Morgan fingerprint density at radius 3 is 2.74 bits per heavy atom. The van der Waals surface area contributed by atoms with E-state index in [-0.39, 0.29) is 0 Å². The first-order valence-electron chi connectivity index (χ1n) is 8.68. The first-order chi connectivity index (χ1) is 13.0. The summed E-state index contributed by atoms with van der Waals surface area (Å²) in [5.74, 6) is 0.424. The standard InChI is InChI=1S/C20H23ClN2O3S/c1-3-26-19(24)17-10-9-15(13-18(17)21)23-20(27)22-11-5-7-14-6-4-8-16(12-14)25-2/h4,6,8-10,12-13H,3,5,7,11H2,1-2H3,(H2,22,23,27). The van der Waals surface area contributed by atoms with Crippen LogP contribution in [0.15, 0.2) is 42.5 Å². The minimum absolute atomic E-state index is 0.304. The van der Waals surface area contributed by atoms with Gasteiger partial charge in [0.1, 0.15) is 5.75 Å². The molecule has 2 rings (SSSR count). The Labute approximate surface area is 170 Å². The maximum Gasteiger partial charge on any atom is 0.339 e. The van der Waals surface area contributed by atoms with Gasteiger partial charge in [-0.15, -0.1) is 0 Å². The number of rotatable bonds is 8. The largest absolute Gasteiger partial charge is 0.497 e. The van der Waals surface area contributed by atoms with E-state index in [1.54, 1.807) is 32.2 Å². The highest BCUT2D eigenvalue weighted by molar-refractivity contribution is 7.80. The van der Waals surface area contributed by atoms with Gasteiger partial charge < -0.3 is 20.1 Å².